The third-order valence-electron chi connectivity index (χ3n) is 7.87. The zero-order valence-electron chi connectivity index (χ0n) is 22.4. The maximum absolute atomic E-state index is 13.3. The van der Waals surface area contributed by atoms with Crippen LogP contribution in [0.5, 0.6) is 5.75 Å². The van der Waals surface area contributed by atoms with Crippen molar-refractivity contribution in [3.05, 3.63) is 23.8 Å². The molecule has 3 N–H and O–H groups in total. The van der Waals surface area contributed by atoms with Crippen LogP contribution in [0.3, 0.4) is 0 Å². The normalized spacial score (nSPS) is 23.6. The van der Waals surface area contributed by atoms with Crippen molar-refractivity contribution in [3.8, 4) is 5.75 Å². The van der Waals surface area contributed by atoms with Crippen LogP contribution in [0.2, 0.25) is 0 Å². The summed E-state index contributed by atoms with van der Waals surface area (Å²) in [4.78, 5) is 42.0. The average molecular weight is 515 g/mol. The Kier molecular flexibility index (Phi) is 8.95. The van der Waals surface area contributed by atoms with Crippen molar-refractivity contribution in [2.75, 3.05) is 32.1 Å². The number of carbonyl (C=O) groups excluding carboxylic acids is 3. The van der Waals surface area contributed by atoms with Gasteiger partial charge in [-0.1, -0.05) is 26.2 Å². The van der Waals surface area contributed by atoms with Crippen LogP contribution in [0, 0.1) is 11.8 Å². The first-order valence-corrected chi connectivity index (χ1v) is 13.8. The lowest BCUT2D eigenvalue weighted by Crippen LogP contribution is -2.50. The molecule has 2 saturated carbocycles. The first-order chi connectivity index (χ1) is 17.7. The molecule has 9 nitrogen and oxygen atoms in total. The van der Waals surface area contributed by atoms with E-state index in [0.29, 0.717) is 30.1 Å². The lowest BCUT2D eigenvalue weighted by Gasteiger charge is -2.34. The van der Waals surface area contributed by atoms with Crippen LogP contribution >= 0.6 is 0 Å². The third-order valence-corrected chi connectivity index (χ3v) is 7.87. The van der Waals surface area contributed by atoms with Crippen molar-refractivity contribution < 1.29 is 24.2 Å². The Balaban J connectivity index is 1.54. The van der Waals surface area contributed by atoms with Gasteiger partial charge in [-0.3, -0.25) is 9.59 Å². The fourth-order valence-electron chi connectivity index (χ4n) is 5.20. The van der Waals surface area contributed by atoms with E-state index in [0.717, 1.165) is 38.5 Å². The van der Waals surface area contributed by atoms with Crippen LogP contribution in [-0.2, 0) is 16.0 Å². The molecule has 0 spiro atoms. The highest BCUT2D eigenvalue weighted by molar-refractivity contribution is 5.94. The number of carbonyl (C=O) groups is 3. The smallest absolute Gasteiger partial charge is 0.317 e. The first-order valence-electron chi connectivity index (χ1n) is 13.8. The van der Waals surface area contributed by atoms with Crippen molar-refractivity contribution in [2.24, 2.45) is 11.8 Å². The average Bonchev–Trinajstić information content (AvgIpc) is 3.73. The zero-order valence-corrected chi connectivity index (χ0v) is 22.4. The highest BCUT2D eigenvalue weighted by Crippen LogP contribution is 2.32. The third kappa shape index (κ3) is 7.15. The molecular weight excluding hydrogens is 472 g/mol. The maximum Gasteiger partial charge on any atom is 0.317 e. The minimum atomic E-state index is -0.368. The van der Waals surface area contributed by atoms with Crippen LogP contribution in [-0.4, -0.2) is 77.7 Å². The topological polar surface area (TPSA) is 111 Å². The number of nitrogens with one attached hydrogen (secondary N) is 2. The Bertz CT molecular complexity index is 975. The van der Waals surface area contributed by atoms with Crippen LogP contribution in [0.4, 0.5) is 10.5 Å². The molecule has 0 saturated heterocycles. The molecule has 3 atom stereocenters. The molecule has 9 heteroatoms. The number of anilines is 1. The number of urea groups is 1. The molecule has 1 aromatic carbocycles. The van der Waals surface area contributed by atoms with Gasteiger partial charge in [0.1, 0.15) is 11.9 Å². The number of hydrogen-bond acceptors (Lipinski definition) is 5. The van der Waals surface area contributed by atoms with Gasteiger partial charge in [-0.25, -0.2) is 4.79 Å². The predicted molar refractivity (Wildman–Crippen MR) is 141 cm³/mol. The summed E-state index contributed by atoms with van der Waals surface area (Å²) in [7, 11) is 1.78. The number of fused-ring (bicyclic) bond motifs is 1. The fourth-order valence-corrected chi connectivity index (χ4v) is 5.20. The van der Waals surface area contributed by atoms with E-state index in [-0.39, 0.29) is 60.9 Å². The van der Waals surface area contributed by atoms with E-state index >= 15 is 0 Å². The lowest BCUT2D eigenvalue weighted by atomic mass is 9.96. The van der Waals surface area contributed by atoms with Gasteiger partial charge in [-0.2, -0.15) is 0 Å². The Morgan fingerprint density at radius 3 is 2.59 bits per heavy atom. The zero-order chi connectivity index (χ0) is 26.5. The minimum absolute atomic E-state index is 0.00268. The fraction of sp³-hybridized carbons (Fsp3) is 0.679. The van der Waals surface area contributed by atoms with Gasteiger partial charge in [-0.05, 0) is 50.8 Å². The van der Waals surface area contributed by atoms with Gasteiger partial charge in [0.15, 0.2) is 0 Å². The van der Waals surface area contributed by atoms with E-state index < -0.39 is 0 Å². The molecule has 0 bridgehead atoms. The first kappa shape index (κ1) is 27.2. The molecule has 3 aliphatic rings. The van der Waals surface area contributed by atoms with Crippen molar-refractivity contribution in [1.29, 1.82) is 0 Å². The van der Waals surface area contributed by atoms with Crippen molar-refractivity contribution in [1.82, 2.24) is 15.1 Å². The number of benzene rings is 1. The monoisotopic (exact) mass is 514 g/mol. The highest BCUT2D eigenvalue weighted by Gasteiger charge is 2.33. The molecule has 0 radical (unpaired) electrons. The quantitative estimate of drug-likeness (QED) is 0.518. The number of aliphatic hydroxyl groups is 1. The molecule has 0 unspecified atom stereocenters. The molecule has 204 valence electrons. The summed E-state index contributed by atoms with van der Waals surface area (Å²) in [5.74, 6) is 0.456. The van der Waals surface area contributed by atoms with Gasteiger partial charge in [0.05, 0.1) is 25.6 Å². The van der Waals surface area contributed by atoms with Crippen LogP contribution in [0.1, 0.15) is 64.4 Å². The Hall–Kier alpha value is -2.81. The van der Waals surface area contributed by atoms with E-state index in [1.807, 2.05) is 19.9 Å². The summed E-state index contributed by atoms with van der Waals surface area (Å²) < 4.78 is 6.49. The van der Waals surface area contributed by atoms with Gasteiger partial charge in [0.25, 0.3) is 0 Å². The van der Waals surface area contributed by atoms with Gasteiger partial charge >= 0.3 is 6.03 Å². The summed E-state index contributed by atoms with van der Waals surface area (Å²) in [5, 5.41) is 15.9. The van der Waals surface area contributed by atoms with Crippen LogP contribution < -0.4 is 15.4 Å². The van der Waals surface area contributed by atoms with E-state index in [2.05, 4.69) is 10.6 Å². The molecule has 1 heterocycles. The predicted octanol–water partition coefficient (Wildman–Crippen LogP) is 3.16. The molecule has 2 fully saturated rings. The van der Waals surface area contributed by atoms with Crippen molar-refractivity contribution >= 4 is 23.5 Å². The molecule has 1 aromatic rings. The summed E-state index contributed by atoms with van der Waals surface area (Å²) >= 11 is 0. The van der Waals surface area contributed by atoms with E-state index in [1.54, 1.807) is 29.0 Å². The summed E-state index contributed by atoms with van der Waals surface area (Å²) in [6, 6.07) is 5.17. The van der Waals surface area contributed by atoms with E-state index in [4.69, 9.17) is 4.74 Å². The molecule has 2 aliphatic carbocycles. The summed E-state index contributed by atoms with van der Waals surface area (Å²) in [5.41, 5.74) is 1.32. The Morgan fingerprint density at radius 1 is 1.19 bits per heavy atom. The summed E-state index contributed by atoms with van der Waals surface area (Å²) in [6.45, 7) is 4.46. The molecular formula is C28H42N4O5. The van der Waals surface area contributed by atoms with Crippen molar-refractivity contribution in [2.45, 2.75) is 83.4 Å². The Morgan fingerprint density at radius 2 is 1.92 bits per heavy atom. The molecule has 1 aliphatic heterocycles. The number of ether oxygens (including phenoxy) is 1. The minimum Gasteiger partial charge on any atom is -0.488 e. The second kappa shape index (κ2) is 12.2. The molecule has 4 amide bonds. The van der Waals surface area contributed by atoms with Gasteiger partial charge in [0, 0.05) is 42.7 Å². The number of amides is 4. The number of aliphatic hydroxyl groups excluding tert-OH is 1. The van der Waals surface area contributed by atoms with Gasteiger partial charge < -0.3 is 30.3 Å². The molecule has 37 heavy (non-hydrogen) atoms. The van der Waals surface area contributed by atoms with Crippen molar-refractivity contribution in [3.63, 3.8) is 0 Å². The lowest BCUT2D eigenvalue weighted by molar-refractivity contribution is -0.134. The number of nitrogens with zero attached hydrogens (tertiary/aromatic N) is 2. The highest BCUT2D eigenvalue weighted by atomic mass is 16.5. The van der Waals surface area contributed by atoms with Gasteiger partial charge in [0.2, 0.25) is 11.8 Å². The summed E-state index contributed by atoms with van der Waals surface area (Å²) in [6.07, 6.45) is 7.09. The Labute approximate surface area is 219 Å². The second-order valence-electron chi connectivity index (χ2n) is 11.1. The van der Waals surface area contributed by atoms with Crippen LogP contribution in [0.15, 0.2) is 18.2 Å². The standard InChI is InChI=1S/C28H42N4O5/c1-18-15-32(19(2)17-33)26(34)14-21-13-23(29-27(35)20-9-10-20)11-12-24(21)37-25(18)16-31(3)28(36)30-22-7-5-4-6-8-22/h11-13,18-20,22,25,33H,4-10,14-17H2,1-3H3,(H,29,35)(H,30,36)/t18-,19-,25-/m0/s1. The molecule has 4 rings (SSSR count). The van der Waals surface area contributed by atoms with Crippen LogP contribution in [0.25, 0.3) is 0 Å². The number of likely N-dealkylation sites (N-methyl/N-ethyl adjacent to an activating group) is 1. The maximum atomic E-state index is 13.3. The second-order valence-corrected chi connectivity index (χ2v) is 11.1. The molecule has 0 aromatic heterocycles. The van der Waals surface area contributed by atoms with E-state index in [1.165, 1.54) is 6.42 Å². The number of rotatable bonds is 7. The SMILES string of the molecule is C[C@H]1CN([C@@H](C)CO)C(=O)Cc2cc(NC(=O)C3CC3)ccc2O[C@H]1CN(C)C(=O)NC1CCCCC1. The van der Waals surface area contributed by atoms with E-state index in [9.17, 15) is 19.5 Å². The number of hydrogen-bond donors (Lipinski definition) is 3. The largest absolute Gasteiger partial charge is 0.488 e. The van der Waals surface area contributed by atoms with Gasteiger partial charge in [-0.15, -0.1) is 0 Å².